The minimum atomic E-state index is 0.450. The van der Waals surface area contributed by atoms with Gasteiger partial charge in [-0.1, -0.05) is 26.7 Å². The SMILES string of the molecule is CC(C)COCCCN1CC2(CCCC2)NCC1C. The molecule has 0 aromatic heterocycles. The Labute approximate surface area is 119 Å². The van der Waals surface area contributed by atoms with Gasteiger partial charge in [0, 0.05) is 44.4 Å². The highest BCUT2D eigenvalue weighted by molar-refractivity contribution is 5.00. The lowest BCUT2D eigenvalue weighted by Crippen LogP contribution is -2.62. The van der Waals surface area contributed by atoms with Crippen LogP contribution in [0, 0.1) is 5.92 Å². The molecule has 112 valence electrons. The zero-order valence-electron chi connectivity index (χ0n) is 13.1. The first-order valence-electron chi connectivity index (χ1n) is 8.18. The Hall–Kier alpha value is -0.120. The van der Waals surface area contributed by atoms with E-state index in [0.717, 1.165) is 19.8 Å². The molecule has 19 heavy (non-hydrogen) atoms. The number of rotatable bonds is 6. The first-order chi connectivity index (χ1) is 9.11. The molecule has 0 radical (unpaired) electrons. The summed E-state index contributed by atoms with van der Waals surface area (Å²) in [5, 5.41) is 3.82. The van der Waals surface area contributed by atoms with E-state index in [9.17, 15) is 0 Å². The molecule has 0 aromatic rings. The van der Waals surface area contributed by atoms with Crippen molar-refractivity contribution in [2.75, 3.05) is 32.8 Å². The Bertz CT molecular complexity index is 261. The molecule has 1 unspecified atom stereocenters. The monoisotopic (exact) mass is 268 g/mol. The molecule has 1 saturated carbocycles. The second-order valence-electron chi connectivity index (χ2n) is 7.01. The zero-order chi connectivity index (χ0) is 13.7. The maximum Gasteiger partial charge on any atom is 0.0489 e. The Morgan fingerprint density at radius 1 is 1.32 bits per heavy atom. The average Bonchev–Trinajstić information content (AvgIpc) is 2.81. The molecule has 2 rings (SSSR count). The molecule has 0 bridgehead atoms. The predicted octanol–water partition coefficient (Wildman–Crippen LogP) is 2.66. The van der Waals surface area contributed by atoms with Gasteiger partial charge in [0.25, 0.3) is 0 Å². The largest absolute Gasteiger partial charge is 0.381 e. The van der Waals surface area contributed by atoms with Gasteiger partial charge in [-0.15, -0.1) is 0 Å². The van der Waals surface area contributed by atoms with Crippen LogP contribution in [-0.2, 0) is 4.74 Å². The molecule has 1 N–H and O–H groups in total. The van der Waals surface area contributed by atoms with Gasteiger partial charge in [-0.25, -0.2) is 0 Å². The summed E-state index contributed by atoms with van der Waals surface area (Å²) < 4.78 is 5.70. The summed E-state index contributed by atoms with van der Waals surface area (Å²) in [6.45, 7) is 12.2. The molecule has 3 heteroatoms. The van der Waals surface area contributed by atoms with Gasteiger partial charge in [-0.3, -0.25) is 4.90 Å². The molecule has 1 aliphatic carbocycles. The molecule has 0 amide bonds. The maximum absolute atomic E-state index is 5.70. The van der Waals surface area contributed by atoms with E-state index in [1.807, 2.05) is 0 Å². The highest BCUT2D eigenvalue weighted by Gasteiger charge is 2.39. The molecule has 3 nitrogen and oxygen atoms in total. The van der Waals surface area contributed by atoms with E-state index in [0.29, 0.717) is 17.5 Å². The lowest BCUT2D eigenvalue weighted by atomic mass is 9.92. The van der Waals surface area contributed by atoms with Crippen molar-refractivity contribution in [2.45, 2.75) is 64.5 Å². The fraction of sp³-hybridized carbons (Fsp3) is 1.00. The third-order valence-corrected chi connectivity index (χ3v) is 4.65. The molecule has 1 atom stereocenters. The van der Waals surface area contributed by atoms with Gasteiger partial charge in [0.05, 0.1) is 0 Å². The van der Waals surface area contributed by atoms with Gasteiger partial charge in [-0.2, -0.15) is 0 Å². The Morgan fingerprint density at radius 2 is 2.05 bits per heavy atom. The second kappa shape index (κ2) is 7.05. The van der Waals surface area contributed by atoms with Crippen LogP contribution in [0.25, 0.3) is 0 Å². The summed E-state index contributed by atoms with van der Waals surface area (Å²) in [7, 11) is 0. The third kappa shape index (κ3) is 4.44. The summed E-state index contributed by atoms with van der Waals surface area (Å²) >= 11 is 0. The highest BCUT2D eigenvalue weighted by Crippen LogP contribution is 2.33. The van der Waals surface area contributed by atoms with Crippen molar-refractivity contribution in [3.8, 4) is 0 Å². The molecule has 1 heterocycles. The van der Waals surface area contributed by atoms with Gasteiger partial charge < -0.3 is 10.1 Å². The van der Waals surface area contributed by atoms with Gasteiger partial charge in [0.2, 0.25) is 0 Å². The van der Waals surface area contributed by atoms with Crippen LogP contribution >= 0.6 is 0 Å². The van der Waals surface area contributed by atoms with Gasteiger partial charge >= 0.3 is 0 Å². The minimum absolute atomic E-state index is 0.450. The fourth-order valence-corrected chi connectivity index (χ4v) is 3.47. The molecule has 1 aliphatic heterocycles. The van der Waals surface area contributed by atoms with Crippen LogP contribution in [0.15, 0.2) is 0 Å². The predicted molar refractivity (Wildman–Crippen MR) is 80.5 cm³/mol. The van der Waals surface area contributed by atoms with Crippen LogP contribution in [0.3, 0.4) is 0 Å². The van der Waals surface area contributed by atoms with E-state index < -0.39 is 0 Å². The van der Waals surface area contributed by atoms with Crippen LogP contribution in [0.2, 0.25) is 0 Å². The molecular formula is C16H32N2O. The molecule has 0 aromatic carbocycles. The summed E-state index contributed by atoms with van der Waals surface area (Å²) in [5.41, 5.74) is 0.450. The third-order valence-electron chi connectivity index (χ3n) is 4.65. The Balaban J connectivity index is 1.69. The standard InChI is InChI=1S/C16H32N2O/c1-14(2)12-19-10-6-9-18-13-16(7-4-5-8-16)17-11-15(18)3/h14-15,17H,4-13H2,1-3H3. The number of hydrogen-bond donors (Lipinski definition) is 1. The van der Waals surface area contributed by atoms with Gasteiger partial charge in [-0.05, 0) is 32.1 Å². The number of piperazine rings is 1. The van der Waals surface area contributed by atoms with Gasteiger partial charge in [0.15, 0.2) is 0 Å². The smallest absolute Gasteiger partial charge is 0.0489 e. The zero-order valence-corrected chi connectivity index (χ0v) is 13.1. The summed E-state index contributed by atoms with van der Waals surface area (Å²) in [6.07, 6.45) is 6.74. The van der Waals surface area contributed by atoms with Crippen molar-refractivity contribution in [1.29, 1.82) is 0 Å². The van der Waals surface area contributed by atoms with Crippen LogP contribution in [0.5, 0.6) is 0 Å². The number of nitrogens with zero attached hydrogens (tertiary/aromatic N) is 1. The van der Waals surface area contributed by atoms with Crippen LogP contribution in [0.1, 0.15) is 52.9 Å². The molecule has 1 spiro atoms. The van der Waals surface area contributed by atoms with E-state index in [1.54, 1.807) is 0 Å². The molecule has 1 saturated heterocycles. The summed E-state index contributed by atoms with van der Waals surface area (Å²) in [4.78, 5) is 2.68. The number of nitrogens with one attached hydrogen (secondary N) is 1. The van der Waals surface area contributed by atoms with E-state index in [-0.39, 0.29) is 0 Å². The molecular weight excluding hydrogens is 236 g/mol. The number of ether oxygens (including phenoxy) is 1. The minimum Gasteiger partial charge on any atom is -0.381 e. The Kier molecular flexibility index (Phi) is 5.67. The van der Waals surface area contributed by atoms with Crippen LogP contribution < -0.4 is 5.32 Å². The summed E-state index contributed by atoms with van der Waals surface area (Å²) in [6, 6.07) is 0.677. The van der Waals surface area contributed by atoms with Gasteiger partial charge in [0.1, 0.15) is 0 Å². The summed E-state index contributed by atoms with van der Waals surface area (Å²) in [5.74, 6) is 0.653. The fourth-order valence-electron chi connectivity index (χ4n) is 3.47. The van der Waals surface area contributed by atoms with Crippen molar-refractivity contribution < 1.29 is 4.74 Å². The second-order valence-corrected chi connectivity index (χ2v) is 7.01. The maximum atomic E-state index is 5.70. The topological polar surface area (TPSA) is 24.5 Å². The van der Waals surface area contributed by atoms with E-state index in [4.69, 9.17) is 4.74 Å². The van der Waals surface area contributed by atoms with Crippen molar-refractivity contribution in [1.82, 2.24) is 10.2 Å². The highest BCUT2D eigenvalue weighted by atomic mass is 16.5. The lowest BCUT2D eigenvalue weighted by Gasteiger charge is -2.45. The Morgan fingerprint density at radius 3 is 2.74 bits per heavy atom. The van der Waals surface area contributed by atoms with Crippen LogP contribution in [0.4, 0.5) is 0 Å². The first kappa shape index (κ1) is 15.3. The van der Waals surface area contributed by atoms with Crippen molar-refractivity contribution in [3.63, 3.8) is 0 Å². The number of hydrogen-bond acceptors (Lipinski definition) is 3. The van der Waals surface area contributed by atoms with E-state index in [1.165, 1.54) is 45.2 Å². The van der Waals surface area contributed by atoms with E-state index in [2.05, 4.69) is 31.0 Å². The lowest BCUT2D eigenvalue weighted by molar-refractivity contribution is 0.0642. The molecule has 2 aliphatic rings. The van der Waals surface area contributed by atoms with Crippen molar-refractivity contribution in [2.24, 2.45) is 5.92 Å². The average molecular weight is 268 g/mol. The van der Waals surface area contributed by atoms with Crippen molar-refractivity contribution in [3.05, 3.63) is 0 Å². The van der Waals surface area contributed by atoms with E-state index >= 15 is 0 Å². The van der Waals surface area contributed by atoms with Crippen molar-refractivity contribution >= 4 is 0 Å². The normalized spacial score (nSPS) is 27.5. The molecule has 2 fully saturated rings. The quantitative estimate of drug-likeness (QED) is 0.750. The van der Waals surface area contributed by atoms with Crippen LogP contribution in [-0.4, -0.2) is 49.3 Å². The first-order valence-corrected chi connectivity index (χ1v) is 8.18.